The first kappa shape index (κ1) is 15.8. The maximum Gasteiger partial charge on any atom is 0.339 e. The predicted octanol–water partition coefficient (Wildman–Crippen LogP) is 2.25. The number of ether oxygens (including phenoxy) is 1. The van der Waals surface area contributed by atoms with Gasteiger partial charge in [-0.25, -0.2) is 4.79 Å². The summed E-state index contributed by atoms with van der Waals surface area (Å²) < 4.78 is 4.89. The van der Waals surface area contributed by atoms with E-state index in [1.54, 1.807) is 0 Å². The molecule has 2 N–H and O–H groups in total. The molecule has 0 heterocycles. The lowest BCUT2D eigenvalue weighted by atomic mass is 10.2. The van der Waals surface area contributed by atoms with Gasteiger partial charge in [0.15, 0.2) is 0 Å². The molecule has 0 saturated heterocycles. The van der Waals surface area contributed by atoms with Crippen molar-refractivity contribution in [3.05, 3.63) is 22.7 Å². The summed E-state index contributed by atoms with van der Waals surface area (Å²) in [4.78, 5) is 21.7. The van der Waals surface area contributed by atoms with Crippen molar-refractivity contribution in [3.8, 4) is 18.6 Å². The van der Waals surface area contributed by atoms with Crippen molar-refractivity contribution >= 4 is 29.2 Å². The highest BCUT2D eigenvalue weighted by Gasteiger charge is 2.15. The second-order valence-electron chi connectivity index (χ2n) is 3.02. The summed E-state index contributed by atoms with van der Waals surface area (Å²) >= 11 is 5.81. The van der Waals surface area contributed by atoms with Crippen LogP contribution in [0.2, 0.25) is 5.02 Å². The van der Waals surface area contributed by atoms with Gasteiger partial charge in [0, 0.05) is 13.0 Å². The van der Waals surface area contributed by atoms with Crippen molar-refractivity contribution in [3.63, 3.8) is 0 Å². The second kappa shape index (κ2) is 7.20. The molecule has 0 bridgehead atoms. The van der Waals surface area contributed by atoms with Gasteiger partial charge in [0.05, 0.1) is 17.8 Å². The maximum absolute atomic E-state index is 10.9. The zero-order valence-corrected chi connectivity index (χ0v) is 10.6. The minimum atomic E-state index is -1.15. The molecule has 6 heteroatoms. The van der Waals surface area contributed by atoms with Gasteiger partial charge in [0.1, 0.15) is 11.3 Å². The van der Waals surface area contributed by atoms with Crippen LogP contribution in [0.5, 0.6) is 5.75 Å². The van der Waals surface area contributed by atoms with Crippen molar-refractivity contribution in [2.45, 2.75) is 6.92 Å². The zero-order valence-electron chi connectivity index (χ0n) is 9.86. The molecule has 5 nitrogen and oxygen atoms in total. The summed E-state index contributed by atoms with van der Waals surface area (Å²) in [6.07, 6.45) is 8.00. The Morgan fingerprint density at radius 1 is 1.39 bits per heavy atom. The average molecular weight is 270 g/mol. The number of rotatable bonds is 3. The highest BCUT2D eigenvalue weighted by Crippen LogP contribution is 2.30. The molecule has 1 rings (SSSR count). The average Bonchev–Trinajstić information content (AvgIpc) is 2.33. The molecular formula is C12H12ClNO4. The van der Waals surface area contributed by atoms with E-state index in [1.165, 1.54) is 26.2 Å². The highest BCUT2D eigenvalue weighted by atomic mass is 35.5. The van der Waals surface area contributed by atoms with Crippen LogP contribution in [-0.2, 0) is 4.79 Å². The Bertz CT molecular complexity index is 482. The van der Waals surface area contributed by atoms with Crippen LogP contribution in [0, 0.1) is 12.8 Å². The number of carboxylic acids is 1. The third-order valence-corrected chi connectivity index (χ3v) is 2.14. The van der Waals surface area contributed by atoms with Crippen LogP contribution in [0.3, 0.4) is 0 Å². The van der Waals surface area contributed by atoms with Gasteiger partial charge >= 0.3 is 5.97 Å². The topological polar surface area (TPSA) is 75.6 Å². The van der Waals surface area contributed by atoms with Crippen LogP contribution in [0.15, 0.2) is 12.1 Å². The normalized spacial score (nSPS) is 8.72. The number of hydrogen-bond donors (Lipinski definition) is 2. The molecule has 0 unspecified atom stereocenters. The molecular weight excluding hydrogens is 258 g/mol. The minimum Gasteiger partial charge on any atom is -0.496 e. The molecule has 0 aliphatic carbocycles. The summed E-state index contributed by atoms with van der Waals surface area (Å²) in [7, 11) is 1.34. The lowest BCUT2D eigenvalue weighted by molar-refractivity contribution is -0.114. The third kappa shape index (κ3) is 4.00. The fraction of sp³-hybridized carbons (Fsp3) is 0.167. The number of nitrogens with one attached hydrogen (secondary N) is 1. The lowest BCUT2D eigenvalue weighted by Gasteiger charge is -2.10. The molecule has 0 atom stereocenters. The van der Waals surface area contributed by atoms with Crippen LogP contribution in [0.1, 0.15) is 17.3 Å². The summed E-state index contributed by atoms with van der Waals surface area (Å²) in [6.45, 7) is 1.33. The van der Waals surface area contributed by atoms with Crippen LogP contribution < -0.4 is 10.1 Å². The Balaban J connectivity index is 0.00000137. The minimum absolute atomic E-state index is 0.0541. The molecule has 0 fully saturated rings. The third-order valence-electron chi connectivity index (χ3n) is 1.83. The van der Waals surface area contributed by atoms with E-state index in [4.69, 9.17) is 21.4 Å². The molecule has 1 aromatic carbocycles. The molecule has 0 spiro atoms. The number of benzene rings is 1. The smallest absolute Gasteiger partial charge is 0.339 e. The van der Waals surface area contributed by atoms with E-state index in [2.05, 4.69) is 18.2 Å². The van der Waals surface area contributed by atoms with Gasteiger partial charge < -0.3 is 15.2 Å². The van der Waals surface area contributed by atoms with Gasteiger partial charge in [-0.05, 0) is 6.07 Å². The summed E-state index contributed by atoms with van der Waals surface area (Å²) in [6, 6.07) is 2.60. The first-order valence-electron chi connectivity index (χ1n) is 4.67. The van der Waals surface area contributed by atoms with Gasteiger partial charge in [0.25, 0.3) is 0 Å². The fourth-order valence-corrected chi connectivity index (χ4v) is 1.39. The quantitative estimate of drug-likeness (QED) is 0.825. The highest BCUT2D eigenvalue weighted by molar-refractivity contribution is 6.34. The number of halogens is 1. The largest absolute Gasteiger partial charge is 0.496 e. The number of carbonyl (C=O) groups is 2. The molecule has 0 aromatic heterocycles. The van der Waals surface area contributed by atoms with Crippen LogP contribution in [0.4, 0.5) is 5.69 Å². The van der Waals surface area contributed by atoms with Gasteiger partial charge in [0.2, 0.25) is 5.91 Å². The van der Waals surface area contributed by atoms with Crippen molar-refractivity contribution in [1.29, 1.82) is 0 Å². The molecule has 0 aliphatic rings. The van der Waals surface area contributed by atoms with Gasteiger partial charge in [-0.3, -0.25) is 4.79 Å². The van der Waals surface area contributed by atoms with Crippen LogP contribution in [-0.4, -0.2) is 24.1 Å². The van der Waals surface area contributed by atoms with E-state index in [1.807, 2.05) is 0 Å². The van der Waals surface area contributed by atoms with Gasteiger partial charge in [-0.15, -0.1) is 12.8 Å². The van der Waals surface area contributed by atoms with Gasteiger partial charge in [-0.1, -0.05) is 11.6 Å². The number of carboxylic acid groups (broad SMARTS) is 1. The predicted molar refractivity (Wildman–Crippen MR) is 69.2 cm³/mol. The van der Waals surface area contributed by atoms with E-state index >= 15 is 0 Å². The number of carbonyl (C=O) groups excluding carboxylic acids is 1. The monoisotopic (exact) mass is 269 g/mol. The standard InChI is InChI=1S/C10H10ClNO4.C2H2/c1-5(13)12-8-4-9(16-2)6(10(14)15)3-7(8)11;1-2/h3-4H,1-2H3,(H,12,13)(H,14,15);1-2H. The lowest BCUT2D eigenvalue weighted by Crippen LogP contribution is -2.08. The number of aromatic carboxylic acids is 1. The SMILES string of the molecule is C#C.COc1cc(NC(C)=O)c(Cl)cc1C(=O)O. The second-order valence-corrected chi connectivity index (χ2v) is 3.43. The maximum atomic E-state index is 10.9. The van der Waals surface area contributed by atoms with E-state index < -0.39 is 5.97 Å². The number of anilines is 1. The Hall–Kier alpha value is -2.19. The first-order valence-corrected chi connectivity index (χ1v) is 5.05. The molecule has 0 aliphatic heterocycles. The number of amides is 1. The first-order chi connectivity index (χ1) is 8.45. The molecule has 0 saturated carbocycles. The Morgan fingerprint density at radius 3 is 2.33 bits per heavy atom. The van der Waals surface area contributed by atoms with E-state index in [0.29, 0.717) is 5.69 Å². The summed E-state index contributed by atoms with van der Waals surface area (Å²) in [5.74, 6) is -1.30. The summed E-state index contributed by atoms with van der Waals surface area (Å²) in [5.41, 5.74) is 0.262. The number of hydrogen-bond acceptors (Lipinski definition) is 3. The molecule has 1 aromatic rings. The van der Waals surface area contributed by atoms with E-state index in [0.717, 1.165) is 0 Å². The van der Waals surface area contributed by atoms with Crippen molar-refractivity contribution in [1.82, 2.24) is 0 Å². The van der Waals surface area contributed by atoms with E-state index in [-0.39, 0.29) is 22.2 Å². The molecule has 96 valence electrons. The molecule has 1 amide bonds. The zero-order chi connectivity index (χ0) is 14.3. The van der Waals surface area contributed by atoms with Crippen LogP contribution >= 0.6 is 11.6 Å². The molecule has 0 radical (unpaired) electrons. The van der Waals surface area contributed by atoms with E-state index in [9.17, 15) is 9.59 Å². The van der Waals surface area contributed by atoms with Crippen LogP contribution in [0.25, 0.3) is 0 Å². The fourth-order valence-electron chi connectivity index (χ4n) is 1.17. The number of terminal acetylenes is 1. The molecule has 18 heavy (non-hydrogen) atoms. The van der Waals surface area contributed by atoms with Crippen molar-refractivity contribution in [2.24, 2.45) is 0 Å². The summed E-state index contributed by atoms with van der Waals surface area (Å²) in [5, 5.41) is 11.5. The Labute approximate surface area is 110 Å². The Kier molecular flexibility index (Phi) is 6.32. The van der Waals surface area contributed by atoms with Crippen molar-refractivity contribution < 1.29 is 19.4 Å². The van der Waals surface area contributed by atoms with Crippen molar-refractivity contribution in [2.75, 3.05) is 12.4 Å². The van der Waals surface area contributed by atoms with Gasteiger partial charge in [-0.2, -0.15) is 0 Å². The number of methoxy groups -OCH3 is 1. The Morgan fingerprint density at radius 2 is 1.94 bits per heavy atom.